The standard InChI is InChI=1S/C10H9BrF3N3O/c11-3-6-1-9(18)17(4-6)8-2-7(10(12,13)14)15-5-16-8/h2,5-6H,1,3-4H2. The van der Waals surface area contributed by atoms with Gasteiger partial charge in [0.1, 0.15) is 17.8 Å². The molecule has 0 saturated carbocycles. The molecule has 1 saturated heterocycles. The molecule has 0 spiro atoms. The van der Waals surface area contributed by atoms with Gasteiger partial charge in [0.2, 0.25) is 5.91 Å². The second-order valence-electron chi connectivity index (χ2n) is 3.99. The SMILES string of the molecule is O=C1CC(CBr)CN1c1cc(C(F)(F)F)ncn1. The lowest BCUT2D eigenvalue weighted by Gasteiger charge is -2.16. The maximum atomic E-state index is 12.5. The minimum Gasteiger partial charge on any atom is -0.296 e. The van der Waals surface area contributed by atoms with Crippen LogP contribution in [-0.2, 0) is 11.0 Å². The molecule has 1 aliphatic heterocycles. The van der Waals surface area contributed by atoms with Crippen LogP contribution >= 0.6 is 15.9 Å². The van der Waals surface area contributed by atoms with E-state index in [0.29, 0.717) is 18.3 Å². The van der Waals surface area contributed by atoms with Gasteiger partial charge >= 0.3 is 6.18 Å². The van der Waals surface area contributed by atoms with E-state index in [0.717, 1.165) is 12.4 Å². The molecular formula is C10H9BrF3N3O. The molecule has 0 N–H and O–H groups in total. The van der Waals surface area contributed by atoms with Gasteiger partial charge in [0, 0.05) is 24.4 Å². The number of aromatic nitrogens is 2. The first-order valence-corrected chi connectivity index (χ1v) is 6.29. The Bertz CT molecular complexity index is 466. The smallest absolute Gasteiger partial charge is 0.296 e. The third-order valence-electron chi connectivity index (χ3n) is 2.64. The van der Waals surface area contributed by atoms with Crippen LogP contribution in [0.4, 0.5) is 19.0 Å². The zero-order chi connectivity index (χ0) is 13.3. The highest BCUT2D eigenvalue weighted by Gasteiger charge is 2.35. The topological polar surface area (TPSA) is 46.1 Å². The average Bonchev–Trinajstić information content (AvgIpc) is 2.70. The van der Waals surface area contributed by atoms with Crippen molar-refractivity contribution in [1.29, 1.82) is 0 Å². The Morgan fingerprint density at radius 2 is 2.17 bits per heavy atom. The van der Waals surface area contributed by atoms with Gasteiger partial charge in [-0.05, 0) is 5.92 Å². The Hall–Kier alpha value is -1.18. The lowest BCUT2D eigenvalue weighted by atomic mass is 10.2. The lowest BCUT2D eigenvalue weighted by molar-refractivity contribution is -0.141. The van der Waals surface area contributed by atoms with Crippen molar-refractivity contribution in [1.82, 2.24) is 9.97 Å². The van der Waals surface area contributed by atoms with Crippen molar-refractivity contribution in [2.75, 3.05) is 16.8 Å². The molecule has 1 unspecified atom stereocenters. The van der Waals surface area contributed by atoms with Crippen molar-refractivity contribution in [3.8, 4) is 0 Å². The Labute approximate surface area is 109 Å². The summed E-state index contributed by atoms with van der Waals surface area (Å²) in [4.78, 5) is 19.8. The second-order valence-corrected chi connectivity index (χ2v) is 4.64. The zero-order valence-corrected chi connectivity index (χ0v) is 10.7. The second kappa shape index (κ2) is 4.83. The molecule has 0 aromatic carbocycles. The van der Waals surface area contributed by atoms with Gasteiger partial charge in [-0.3, -0.25) is 9.69 Å². The highest BCUT2D eigenvalue weighted by molar-refractivity contribution is 9.09. The summed E-state index contributed by atoms with van der Waals surface area (Å²) >= 11 is 3.26. The first kappa shape index (κ1) is 13.3. The molecule has 1 fully saturated rings. The molecule has 0 radical (unpaired) electrons. The predicted molar refractivity (Wildman–Crippen MR) is 61.3 cm³/mol. The maximum absolute atomic E-state index is 12.5. The number of carbonyl (C=O) groups excluding carboxylic acids is 1. The minimum atomic E-state index is -4.53. The number of anilines is 1. The Morgan fingerprint density at radius 1 is 1.44 bits per heavy atom. The normalized spacial score (nSPS) is 20.6. The highest BCUT2D eigenvalue weighted by atomic mass is 79.9. The molecule has 18 heavy (non-hydrogen) atoms. The number of hydrogen-bond donors (Lipinski definition) is 0. The van der Waals surface area contributed by atoms with Gasteiger partial charge in [0.15, 0.2) is 0 Å². The van der Waals surface area contributed by atoms with Crippen LogP contribution in [-0.4, -0.2) is 27.7 Å². The summed E-state index contributed by atoms with van der Waals surface area (Å²) in [6, 6.07) is 0.800. The third kappa shape index (κ3) is 2.63. The van der Waals surface area contributed by atoms with E-state index >= 15 is 0 Å². The van der Waals surface area contributed by atoms with Crippen LogP contribution in [0.2, 0.25) is 0 Å². The summed E-state index contributed by atoms with van der Waals surface area (Å²) in [5, 5.41) is 0.631. The monoisotopic (exact) mass is 323 g/mol. The molecule has 4 nitrogen and oxygen atoms in total. The first-order chi connectivity index (χ1) is 8.41. The van der Waals surface area contributed by atoms with Crippen molar-refractivity contribution < 1.29 is 18.0 Å². The van der Waals surface area contributed by atoms with Crippen LogP contribution in [0.25, 0.3) is 0 Å². The van der Waals surface area contributed by atoms with Crippen molar-refractivity contribution in [3.63, 3.8) is 0 Å². The van der Waals surface area contributed by atoms with Gasteiger partial charge in [0.25, 0.3) is 0 Å². The van der Waals surface area contributed by atoms with Gasteiger partial charge in [-0.2, -0.15) is 13.2 Å². The predicted octanol–water partition coefficient (Wildman–Crippen LogP) is 2.24. The number of rotatable bonds is 2. The van der Waals surface area contributed by atoms with Crippen LogP contribution in [0.5, 0.6) is 0 Å². The molecule has 1 aromatic heterocycles. The van der Waals surface area contributed by atoms with Crippen LogP contribution < -0.4 is 4.90 Å². The van der Waals surface area contributed by atoms with E-state index in [1.54, 1.807) is 0 Å². The number of alkyl halides is 4. The summed E-state index contributed by atoms with van der Waals surface area (Å²) in [6.45, 7) is 0.373. The highest BCUT2D eigenvalue weighted by Crippen LogP contribution is 2.31. The van der Waals surface area contributed by atoms with E-state index in [4.69, 9.17) is 0 Å². The maximum Gasteiger partial charge on any atom is 0.433 e. The van der Waals surface area contributed by atoms with Crippen LogP contribution in [0.1, 0.15) is 12.1 Å². The number of carbonyl (C=O) groups is 1. The molecule has 1 atom stereocenters. The molecule has 8 heteroatoms. The van der Waals surface area contributed by atoms with E-state index in [2.05, 4.69) is 25.9 Å². The minimum absolute atomic E-state index is 0.00535. The summed E-state index contributed by atoms with van der Waals surface area (Å²) < 4.78 is 37.5. The molecule has 2 rings (SSSR count). The fraction of sp³-hybridized carbons (Fsp3) is 0.500. The number of halogens is 4. The van der Waals surface area contributed by atoms with Gasteiger partial charge in [-0.25, -0.2) is 9.97 Å². The molecule has 1 amide bonds. The Kier molecular flexibility index (Phi) is 3.56. The summed E-state index contributed by atoms with van der Waals surface area (Å²) in [6.07, 6.45) is -3.39. The average molecular weight is 324 g/mol. The van der Waals surface area contributed by atoms with E-state index in [-0.39, 0.29) is 17.6 Å². The van der Waals surface area contributed by atoms with Gasteiger partial charge < -0.3 is 0 Å². The van der Waals surface area contributed by atoms with E-state index < -0.39 is 11.9 Å². The van der Waals surface area contributed by atoms with Gasteiger partial charge in [0.05, 0.1) is 0 Å². The molecule has 0 bridgehead atoms. The van der Waals surface area contributed by atoms with E-state index in [9.17, 15) is 18.0 Å². The van der Waals surface area contributed by atoms with E-state index in [1.807, 2.05) is 0 Å². The molecule has 2 heterocycles. The molecular weight excluding hydrogens is 315 g/mol. The third-order valence-corrected chi connectivity index (χ3v) is 3.56. The molecule has 1 aliphatic rings. The largest absolute Gasteiger partial charge is 0.433 e. The summed E-state index contributed by atoms with van der Waals surface area (Å²) in [5.41, 5.74) is -1.04. The fourth-order valence-electron chi connectivity index (χ4n) is 1.76. The number of hydrogen-bond acceptors (Lipinski definition) is 3. The fourth-order valence-corrected chi connectivity index (χ4v) is 2.19. The Morgan fingerprint density at radius 3 is 2.72 bits per heavy atom. The summed E-state index contributed by atoms with van der Waals surface area (Å²) in [7, 11) is 0. The van der Waals surface area contributed by atoms with Crippen molar-refractivity contribution in [2.45, 2.75) is 12.6 Å². The Balaban J connectivity index is 2.27. The first-order valence-electron chi connectivity index (χ1n) is 5.17. The van der Waals surface area contributed by atoms with E-state index in [1.165, 1.54) is 4.90 Å². The van der Waals surface area contributed by atoms with Crippen molar-refractivity contribution in [3.05, 3.63) is 18.1 Å². The van der Waals surface area contributed by atoms with Crippen molar-refractivity contribution in [2.24, 2.45) is 5.92 Å². The van der Waals surface area contributed by atoms with Crippen LogP contribution in [0.15, 0.2) is 12.4 Å². The van der Waals surface area contributed by atoms with Gasteiger partial charge in [-0.15, -0.1) is 0 Å². The molecule has 0 aliphatic carbocycles. The lowest BCUT2D eigenvalue weighted by Crippen LogP contribution is -2.26. The molecule has 1 aromatic rings. The molecule has 98 valence electrons. The quantitative estimate of drug-likeness (QED) is 0.784. The van der Waals surface area contributed by atoms with Gasteiger partial charge in [-0.1, -0.05) is 15.9 Å². The number of amides is 1. The van der Waals surface area contributed by atoms with Crippen LogP contribution in [0.3, 0.4) is 0 Å². The van der Waals surface area contributed by atoms with Crippen molar-refractivity contribution >= 4 is 27.7 Å². The van der Waals surface area contributed by atoms with Crippen LogP contribution in [0, 0.1) is 5.92 Å². The zero-order valence-electron chi connectivity index (χ0n) is 9.12. The summed E-state index contributed by atoms with van der Waals surface area (Å²) in [5.74, 6) is -0.112. The number of nitrogens with zero attached hydrogens (tertiary/aromatic N) is 3.